The van der Waals surface area contributed by atoms with E-state index < -0.39 is 0 Å². The van der Waals surface area contributed by atoms with Gasteiger partial charge in [-0.15, -0.1) is 11.3 Å². The third-order valence-electron chi connectivity index (χ3n) is 2.85. The van der Waals surface area contributed by atoms with Crippen molar-refractivity contribution in [3.05, 3.63) is 39.3 Å². The molecule has 3 nitrogen and oxygen atoms in total. The number of hydrogen-bond acceptors (Lipinski definition) is 3. The highest BCUT2D eigenvalue weighted by atomic mass is 32.1. The first-order valence-corrected chi connectivity index (χ1v) is 7.30. The van der Waals surface area contributed by atoms with Gasteiger partial charge in [0.15, 0.2) is 0 Å². The van der Waals surface area contributed by atoms with Crippen LogP contribution in [0.25, 0.3) is 0 Å². The minimum Gasteiger partial charge on any atom is -0.312 e. The molecule has 0 amide bonds. The molecule has 2 aromatic rings. The third kappa shape index (κ3) is 3.43. The molecular weight excluding hydrogens is 242 g/mol. The minimum absolute atomic E-state index is 0.887. The maximum Gasteiger partial charge on any atom is 0.0755 e. The van der Waals surface area contributed by atoms with Gasteiger partial charge in [-0.2, -0.15) is 5.10 Å². The van der Waals surface area contributed by atoms with Crippen LogP contribution in [-0.4, -0.2) is 16.3 Å². The smallest absolute Gasteiger partial charge is 0.0755 e. The maximum atomic E-state index is 4.50. The Morgan fingerprint density at radius 1 is 1.28 bits per heavy atom. The van der Waals surface area contributed by atoms with Crippen LogP contribution in [0.1, 0.15) is 34.5 Å². The van der Waals surface area contributed by atoms with Crippen molar-refractivity contribution in [3.63, 3.8) is 0 Å². The molecule has 2 rings (SSSR count). The fourth-order valence-corrected chi connectivity index (χ4v) is 2.94. The Balaban J connectivity index is 1.96. The Morgan fingerprint density at radius 2 is 2.06 bits per heavy atom. The van der Waals surface area contributed by atoms with Crippen molar-refractivity contribution in [2.24, 2.45) is 0 Å². The SMILES string of the molecule is CCCNCc1ccc(Cn2nc(C)cc2C)s1. The summed E-state index contributed by atoms with van der Waals surface area (Å²) in [5.41, 5.74) is 2.32. The zero-order valence-corrected chi connectivity index (χ0v) is 12.2. The molecule has 0 fully saturated rings. The Morgan fingerprint density at radius 3 is 2.72 bits per heavy atom. The van der Waals surface area contributed by atoms with Crippen LogP contribution in [0.5, 0.6) is 0 Å². The monoisotopic (exact) mass is 263 g/mol. The predicted octanol–water partition coefficient (Wildman–Crippen LogP) is 3.11. The highest BCUT2D eigenvalue weighted by Crippen LogP contribution is 2.18. The van der Waals surface area contributed by atoms with Crippen molar-refractivity contribution in [2.45, 2.75) is 40.3 Å². The Labute approximate surface area is 113 Å². The van der Waals surface area contributed by atoms with Crippen molar-refractivity contribution in [2.75, 3.05) is 6.54 Å². The van der Waals surface area contributed by atoms with Gasteiger partial charge in [-0.1, -0.05) is 6.92 Å². The molecule has 0 unspecified atom stereocenters. The molecule has 2 aromatic heterocycles. The quantitative estimate of drug-likeness (QED) is 0.812. The van der Waals surface area contributed by atoms with Gasteiger partial charge in [0.25, 0.3) is 0 Å². The molecule has 0 radical (unpaired) electrons. The van der Waals surface area contributed by atoms with E-state index in [0.717, 1.165) is 25.3 Å². The number of nitrogens with one attached hydrogen (secondary N) is 1. The van der Waals surface area contributed by atoms with E-state index >= 15 is 0 Å². The molecule has 18 heavy (non-hydrogen) atoms. The number of aryl methyl sites for hydroxylation is 2. The summed E-state index contributed by atoms with van der Waals surface area (Å²) in [5, 5.41) is 7.93. The number of thiophene rings is 1. The van der Waals surface area contributed by atoms with Crippen LogP contribution in [-0.2, 0) is 13.1 Å². The van der Waals surface area contributed by atoms with Crippen LogP contribution in [0, 0.1) is 13.8 Å². The summed E-state index contributed by atoms with van der Waals surface area (Å²) in [6.07, 6.45) is 1.18. The van der Waals surface area contributed by atoms with Gasteiger partial charge in [-0.25, -0.2) is 0 Å². The van der Waals surface area contributed by atoms with Gasteiger partial charge >= 0.3 is 0 Å². The molecule has 0 bridgehead atoms. The molecule has 0 aliphatic rings. The Bertz CT molecular complexity index is 499. The molecule has 4 heteroatoms. The molecule has 2 heterocycles. The molecule has 0 saturated heterocycles. The second-order valence-corrected chi connectivity index (χ2v) is 5.88. The lowest BCUT2D eigenvalue weighted by molar-refractivity contribution is 0.666. The van der Waals surface area contributed by atoms with Crippen LogP contribution in [0.15, 0.2) is 18.2 Å². The molecule has 0 atom stereocenters. The van der Waals surface area contributed by atoms with Crippen LogP contribution in [0.3, 0.4) is 0 Å². The van der Waals surface area contributed by atoms with E-state index in [1.165, 1.54) is 21.9 Å². The Hall–Kier alpha value is -1.13. The van der Waals surface area contributed by atoms with Crippen LogP contribution in [0.2, 0.25) is 0 Å². The fraction of sp³-hybridized carbons (Fsp3) is 0.500. The normalized spacial score (nSPS) is 11.1. The van der Waals surface area contributed by atoms with E-state index in [4.69, 9.17) is 0 Å². The first-order chi connectivity index (χ1) is 8.69. The summed E-state index contributed by atoms with van der Waals surface area (Å²) in [4.78, 5) is 2.77. The molecule has 0 saturated carbocycles. The van der Waals surface area contributed by atoms with Crippen molar-refractivity contribution in [1.82, 2.24) is 15.1 Å². The summed E-state index contributed by atoms with van der Waals surface area (Å²) in [6, 6.07) is 6.55. The number of hydrogen-bond donors (Lipinski definition) is 1. The van der Waals surface area contributed by atoms with Crippen molar-refractivity contribution in [1.29, 1.82) is 0 Å². The highest BCUT2D eigenvalue weighted by molar-refractivity contribution is 7.11. The second-order valence-electron chi connectivity index (χ2n) is 4.63. The van der Waals surface area contributed by atoms with Crippen molar-refractivity contribution >= 4 is 11.3 Å². The predicted molar refractivity (Wildman–Crippen MR) is 77.1 cm³/mol. The van der Waals surface area contributed by atoms with E-state index in [0.29, 0.717) is 0 Å². The summed E-state index contributed by atoms with van der Waals surface area (Å²) in [6.45, 7) is 9.30. The zero-order valence-electron chi connectivity index (χ0n) is 11.4. The Kier molecular flexibility index (Phi) is 4.55. The molecule has 98 valence electrons. The largest absolute Gasteiger partial charge is 0.312 e. The molecule has 1 N–H and O–H groups in total. The van der Waals surface area contributed by atoms with Gasteiger partial charge in [0.2, 0.25) is 0 Å². The lowest BCUT2D eigenvalue weighted by Gasteiger charge is -2.02. The van der Waals surface area contributed by atoms with Gasteiger partial charge in [0, 0.05) is 22.0 Å². The molecular formula is C14H21N3S. The molecule has 0 spiro atoms. The van der Waals surface area contributed by atoms with Gasteiger partial charge in [0.1, 0.15) is 0 Å². The van der Waals surface area contributed by atoms with Crippen molar-refractivity contribution in [3.8, 4) is 0 Å². The van der Waals surface area contributed by atoms with E-state index in [1.807, 2.05) is 18.3 Å². The lowest BCUT2D eigenvalue weighted by Crippen LogP contribution is -2.12. The van der Waals surface area contributed by atoms with E-state index in [9.17, 15) is 0 Å². The summed E-state index contributed by atoms with van der Waals surface area (Å²) in [7, 11) is 0. The van der Waals surface area contributed by atoms with Gasteiger partial charge < -0.3 is 5.32 Å². The minimum atomic E-state index is 0.887. The van der Waals surface area contributed by atoms with Gasteiger partial charge in [0.05, 0.1) is 12.2 Å². The number of nitrogens with zero attached hydrogens (tertiary/aromatic N) is 2. The molecule has 0 aromatic carbocycles. The van der Waals surface area contributed by atoms with Crippen LogP contribution in [0.4, 0.5) is 0 Å². The topological polar surface area (TPSA) is 29.9 Å². The van der Waals surface area contributed by atoms with E-state index in [-0.39, 0.29) is 0 Å². The highest BCUT2D eigenvalue weighted by Gasteiger charge is 2.04. The summed E-state index contributed by atoms with van der Waals surface area (Å²) in [5.74, 6) is 0. The average molecular weight is 263 g/mol. The molecule has 0 aliphatic carbocycles. The fourth-order valence-electron chi connectivity index (χ4n) is 1.97. The van der Waals surface area contributed by atoms with Crippen LogP contribution < -0.4 is 5.32 Å². The van der Waals surface area contributed by atoms with Crippen molar-refractivity contribution < 1.29 is 0 Å². The maximum absolute atomic E-state index is 4.50. The second kappa shape index (κ2) is 6.16. The number of aromatic nitrogens is 2. The average Bonchev–Trinajstić information content (AvgIpc) is 2.88. The van der Waals surface area contributed by atoms with Crippen LogP contribution >= 0.6 is 11.3 Å². The van der Waals surface area contributed by atoms with Gasteiger partial charge in [-0.05, 0) is 45.0 Å². The van der Waals surface area contributed by atoms with E-state index in [1.54, 1.807) is 0 Å². The van der Waals surface area contributed by atoms with Gasteiger partial charge in [-0.3, -0.25) is 4.68 Å². The zero-order chi connectivity index (χ0) is 13.0. The first kappa shape index (κ1) is 13.3. The first-order valence-electron chi connectivity index (χ1n) is 6.48. The summed E-state index contributed by atoms with van der Waals surface area (Å²) >= 11 is 1.87. The number of rotatable bonds is 6. The lowest BCUT2D eigenvalue weighted by atomic mass is 10.4. The summed E-state index contributed by atoms with van der Waals surface area (Å²) < 4.78 is 2.07. The van der Waals surface area contributed by atoms with E-state index in [2.05, 4.69) is 47.1 Å². The molecule has 0 aliphatic heterocycles. The standard InChI is InChI=1S/C14H21N3S/c1-4-7-15-9-13-5-6-14(18-13)10-17-12(3)8-11(2)16-17/h5-6,8,15H,4,7,9-10H2,1-3H3. The third-order valence-corrected chi connectivity index (χ3v) is 3.92.